The number of rotatable bonds is 0. The van der Waals surface area contributed by atoms with E-state index >= 15 is 0 Å². The minimum absolute atomic E-state index is 0.143. The molecule has 0 aromatic heterocycles. The number of hydrogen-bond donors (Lipinski definition) is 2. The Balaban J connectivity index is 2.79. The molecular formula is C8H14N2. The number of nitrogens with two attached hydrogens (primary N) is 1. The van der Waals surface area contributed by atoms with Crippen LogP contribution in [-0.2, 0) is 0 Å². The number of allylic oxidation sites excluding steroid dienone is 1. The van der Waals surface area contributed by atoms with Gasteiger partial charge in [-0.05, 0) is 12.0 Å². The van der Waals surface area contributed by atoms with Crippen molar-refractivity contribution in [3.05, 3.63) is 12.2 Å². The number of nitrogens with one attached hydrogen (secondary N) is 1. The van der Waals surface area contributed by atoms with E-state index in [2.05, 4.69) is 13.8 Å². The summed E-state index contributed by atoms with van der Waals surface area (Å²) < 4.78 is 0. The molecular weight excluding hydrogens is 124 g/mol. The highest BCUT2D eigenvalue weighted by atomic mass is 14.7. The molecule has 1 aliphatic carbocycles. The molecule has 0 aromatic carbocycles. The lowest BCUT2D eigenvalue weighted by Gasteiger charge is -2.27. The van der Waals surface area contributed by atoms with Crippen molar-refractivity contribution >= 4 is 5.71 Å². The lowest BCUT2D eigenvalue weighted by molar-refractivity contribution is 0.430. The Labute approximate surface area is 61.6 Å². The van der Waals surface area contributed by atoms with Crippen LogP contribution < -0.4 is 5.73 Å². The molecule has 0 saturated carbocycles. The number of hydrogen-bond acceptors (Lipinski definition) is 2. The summed E-state index contributed by atoms with van der Waals surface area (Å²) in [6.07, 6.45) is 3.72. The molecule has 1 rings (SSSR count). The molecule has 3 unspecified atom stereocenters. The zero-order valence-electron chi connectivity index (χ0n) is 6.46. The SMILES string of the molecule is CC1C(=N)C=CC(N)C1C. The summed E-state index contributed by atoms with van der Waals surface area (Å²) in [5.41, 5.74) is 6.45. The van der Waals surface area contributed by atoms with Crippen LogP contribution in [-0.4, -0.2) is 11.8 Å². The van der Waals surface area contributed by atoms with Crippen LogP contribution in [0.1, 0.15) is 13.8 Å². The molecule has 0 fully saturated rings. The van der Waals surface area contributed by atoms with E-state index in [0.29, 0.717) is 17.5 Å². The Kier molecular flexibility index (Phi) is 1.90. The summed E-state index contributed by atoms with van der Waals surface area (Å²) >= 11 is 0. The van der Waals surface area contributed by atoms with Gasteiger partial charge >= 0.3 is 0 Å². The van der Waals surface area contributed by atoms with E-state index in [1.807, 2.05) is 12.2 Å². The second-order valence-electron chi connectivity index (χ2n) is 3.04. The van der Waals surface area contributed by atoms with Gasteiger partial charge in [-0.25, -0.2) is 0 Å². The fraction of sp³-hybridized carbons (Fsp3) is 0.625. The highest BCUT2D eigenvalue weighted by Crippen LogP contribution is 2.20. The topological polar surface area (TPSA) is 49.9 Å². The van der Waals surface area contributed by atoms with Crippen LogP contribution in [0.25, 0.3) is 0 Å². The predicted octanol–water partition coefficient (Wildman–Crippen LogP) is 1.18. The Hall–Kier alpha value is -0.630. The maximum absolute atomic E-state index is 7.47. The Morgan fingerprint density at radius 2 is 2.10 bits per heavy atom. The standard InChI is InChI=1S/C8H14N2/c1-5-6(2)8(10)4-3-7(5)9/h3-7,10H,9H2,1-2H3. The largest absolute Gasteiger partial charge is 0.324 e. The van der Waals surface area contributed by atoms with E-state index in [1.165, 1.54) is 0 Å². The minimum atomic E-state index is 0.143. The van der Waals surface area contributed by atoms with Gasteiger partial charge in [-0.2, -0.15) is 0 Å². The van der Waals surface area contributed by atoms with Gasteiger partial charge in [0.2, 0.25) is 0 Å². The van der Waals surface area contributed by atoms with Gasteiger partial charge in [0.1, 0.15) is 0 Å². The highest BCUT2D eigenvalue weighted by molar-refractivity contribution is 5.95. The molecule has 2 nitrogen and oxygen atoms in total. The van der Waals surface area contributed by atoms with Gasteiger partial charge in [-0.1, -0.05) is 19.9 Å². The average molecular weight is 138 g/mol. The lowest BCUT2D eigenvalue weighted by atomic mass is 9.81. The van der Waals surface area contributed by atoms with Crippen molar-refractivity contribution in [3.8, 4) is 0 Å². The third-order valence-corrected chi connectivity index (χ3v) is 2.38. The molecule has 1 aliphatic rings. The van der Waals surface area contributed by atoms with Gasteiger partial charge in [-0.15, -0.1) is 0 Å². The van der Waals surface area contributed by atoms with Gasteiger partial charge in [-0.3, -0.25) is 0 Å². The van der Waals surface area contributed by atoms with E-state index in [0.717, 1.165) is 0 Å². The monoisotopic (exact) mass is 138 g/mol. The molecule has 0 radical (unpaired) electrons. The molecule has 56 valence electrons. The fourth-order valence-electron chi connectivity index (χ4n) is 1.16. The highest BCUT2D eigenvalue weighted by Gasteiger charge is 2.23. The lowest BCUT2D eigenvalue weighted by Crippen LogP contribution is -2.36. The van der Waals surface area contributed by atoms with Crippen molar-refractivity contribution in [2.75, 3.05) is 0 Å². The maximum Gasteiger partial charge on any atom is 0.0342 e. The van der Waals surface area contributed by atoms with Crippen molar-refractivity contribution in [2.45, 2.75) is 19.9 Å². The van der Waals surface area contributed by atoms with Gasteiger partial charge in [0.15, 0.2) is 0 Å². The zero-order valence-corrected chi connectivity index (χ0v) is 6.46. The second-order valence-corrected chi connectivity index (χ2v) is 3.04. The molecule has 3 atom stereocenters. The molecule has 0 heterocycles. The first-order chi connectivity index (χ1) is 4.63. The summed E-state index contributed by atoms with van der Waals surface area (Å²) in [6, 6.07) is 0.143. The minimum Gasteiger partial charge on any atom is -0.324 e. The van der Waals surface area contributed by atoms with Gasteiger partial charge in [0.05, 0.1) is 0 Å². The Morgan fingerprint density at radius 1 is 1.50 bits per heavy atom. The molecule has 3 N–H and O–H groups in total. The van der Waals surface area contributed by atoms with E-state index < -0.39 is 0 Å². The molecule has 0 amide bonds. The van der Waals surface area contributed by atoms with Crippen LogP contribution in [0.2, 0.25) is 0 Å². The van der Waals surface area contributed by atoms with E-state index in [9.17, 15) is 0 Å². The van der Waals surface area contributed by atoms with Crippen LogP contribution >= 0.6 is 0 Å². The second kappa shape index (κ2) is 2.54. The first kappa shape index (κ1) is 7.48. The summed E-state index contributed by atoms with van der Waals surface area (Å²) in [6.45, 7) is 4.14. The van der Waals surface area contributed by atoms with E-state index in [4.69, 9.17) is 11.1 Å². The third kappa shape index (κ3) is 1.12. The van der Waals surface area contributed by atoms with Crippen molar-refractivity contribution < 1.29 is 0 Å². The summed E-state index contributed by atoms with van der Waals surface area (Å²) in [4.78, 5) is 0. The Bertz CT molecular complexity index is 172. The van der Waals surface area contributed by atoms with Crippen LogP contribution in [0.4, 0.5) is 0 Å². The van der Waals surface area contributed by atoms with Crippen LogP contribution in [0, 0.1) is 17.2 Å². The van der Waals surface area contributed by atoms with Crippen LogP contribution in [0.5, 0.6) is 0 Å². The summed E-state index contributed by atoms with van der Waals surface area (Å²) in [7, 11) is 0. The fourth-order valence-corrected chi connectivity index (χ4v) is 1.16. The third-order valence-electron chi connectivity index (χ3n) is 2.38. The molecule has 2 heteroatoms. The predicted molar refractivity (Wildman–Crippen MR) is 43.2 cm³/mol. The first-order valence-corrected chi connectivity index (χ1v) is 3.65. The quantitative estimate of drug-likeness (QED) is 0.518. The van der Waals surface area contributed by atoms with Crippen molar-refractivity contribution in [1.82, 2.24) is 0 Å². The average Bonchev–Trinajstić information content (AvgIpc) is 1.93. The van der Waals surface area contributed by atoms with Gasteiger partial charge in [0.25, 0.3) is 0 Å². The van der Waals surface area contributed by atoms with Crippen molar-refractivity contribution in [2.24, 2.45) is 17.6 Å². The van der Waals surface area contributed by atoms with E-state index in [-0.39, 0.29) is 6.04 Å². The zero-order chi connectivity index (χ0) is 7.72. The molecule has 0 aromatic rings. The van der Waals surface area contributed by atoms with Gasteiger partial charge in [0, 0.05) is 17.7 Å². The molecule has 10 heavy (non-hydrogen) atoms. The smallest absolute Gasteiger partial charge is 0.0342 e. The van der Waals surface area contributed by atoms with Crippen molar-refractivity contribution in [1.29, 1.82) is 5.41 Å². The van der Waals surface area contributed by atoms with Gasteiger partial charge < -0.3 is 11.1 Å². The van der Waals surface area contributed by atoms with Crippen LogP contribution in [0.3, 0.4) is 0 Å². The Morgan fingerprint density at radius 3 is 2.60 bits per heavy atom. The van der Waals surface area contributed by atoms with Crippen molar-refractivity contribution in [3.63, 3.8) is 0 Å². The van der Waals surface area contributed by atoms with E-state index in [1.54, 1.807) is 0 Å². The summed E-state index contributed by atoms with van der Waals surface area (Å²) in [5.74, 6) is 0.734. The molecule has 0 aliphatic heterocycles. The molecule has 0 bridgehead atoms. The normalized spacial score (nSPS) is 40.3. The van der Waals surface area contributed by atoms with Crippen LogP contribution in [0.15, 0.2) is 12.2 Å². The maximum atomic E-state index is 7.47. The molecule has 0 saturated heterocycles. The first-order valence-electron chi connectivity index (χ1n) is 3.65. The molecule has 0 spiro atoms. The summed E-state index contributed by atoms with van der Waals surface area (Å²) in [5, 5.41) is 7.47.